The normalized spacial score (nSPS) is 11.2. The maximum Gasteiger partial charge on any atom is 0.127 e. The zero-order chi connectivity index (χ0) is 13.7. The molecule has 0 aliphatic rings. The van der Waals surface area contributed by atoms with Crippen molar-refractivity contribution in [2.45, 2.75) is 6.92 Å². The molecule has 0 radical (unpaired) electrons. The zero-order valence-corrected chi connectivity index (χ0v) is 11.3. The molecule has 2 nitrogen and oxygen atoms in total. The number of allylic oxidation sites excluding steroid dienone is 1. The monoisotopic (exact) mass is 251 g/mol. The van der Waals surface area contributed by atoms with Crippen LogP contribution in [0.4, 0.5) is 0 Å². The number of aliphatic imine (C=N–C) groups is 1. The Morgan fingerprint density at radius 1 is 0.947 bits per heavy atom. The Morgan fingerprint density at radius 3 is 2.05 bits per heavy atom. The zero-order valence-electron chi connectivity index (χ0n) is 11.3. The lowest BCUT2D eigenvalue weighted by molar-refractivity contribution is 0.482. The van der Waals surface area contributed by atoms with E-state index < -0.39 is 0 Å². The van der Waals surface area contributed by atoms with Crippen LogP contribution in [0.1, 0.15) is 12.5 Å². The lowest BCUT2D eigenvalue weighted by Gasteiger charge is -2.08. The Hall–Kier alpha value is -2.35. The third-order valence-corrected chi connectivity index (χ3v) is 2.73. The number of rotatable bonds is 4. The molecule has 2 aromatic rings. The van der Waals surface area contributed by atoms with Crippen molar-refractivity contribution in [2.24, 2.45) is 4.99 Å². The summed E-state index contributed by atoms with van der Waals surface area (Å²) in [7, 11) is 1.78. The standard InChI is InChI=1S/C17H17NO/c1-13(2)17(18-3)14-9-11-16(12-10-14)19-15-7-5-4-6-8-15/h4-12H,1H2,2-3H3. The second-order valence-electron chi connectivity index (χ2n) is 4.29. The number of benzene rings is 2. The molecule has 0 saturated carbocycles. The van der Waals surface area contributed by atoms with Crippen LogP contribution in [0.2, 0.25) is 0 Å². The van der Waals surface area contributed by atoms with E-state index in [9.17, 15) is 0 Å². The number of nitrogens with zero attached hydrogens (tertiary/aromatic N) is 1. The maximum absolute atomic E-state index is 5.74. The molecule has 0 aromatic heterocycles. The Morgan fingerprint density at radius 2 is 1.53 bits per heavy atom. The maximum atomic E-state index is 5.74. The van der Waals surface area contributed by atoms with E-state index in [1.54, 1.807) is 7.05 Å². The van der Waals surface area contributed by atoms with Gasteiger partial charge in [-0.05, 0) is 48.9 Å². The van der Waals surface area contributed by atoms with Crippen LogP contribution in [-0.2, 0) is 0 Å². The number of ether oxygens (including phenoxy) is 1. The third-order valence-electron chi connectivity index (χ3n) is 2.73. The van der Waals surface area contributed by atoms with Crippen molar-refractivity contribution in [1.82, 2.24) is 0 Å². The first kappa shape index (κ1) is 13.1. The SMILES string of the molecule is C=C(C)C(=NC)c1ccc(Oc2ccccc2)cc1. The Kier molecular flexibility index (Phi) is 4.14. The molecule has 0 spiro atoms. The molecular formula is C17H17NO. The van der Waals surface area contributed by atoms with Gasteiger partial charge in [-0.15, -0.1) is 0 Å². The molecule has 0 fully saturated rings. The van der Waals surface area contributed by atoms with Gasteiger partial charge in [-0.3, -0.25) is 4.99 Å². The summed E-state index contributed by atoms with van der Waals surface area (Å²) in [6.45, 7) is 5.89. The van der Waals surface area contributed by atoms with Crippen molar-refractivity contribution in [3.63, 3.8) is 0 Å². The fourth-order valence-electron chi connectivity index (χ4n) is 1.87. The van der Waals surface area contributed by atoms with Gasteiger partial charge in [-0.2, -0.15) is 0 Å². The summed E-state index contributed by atoms with van der Waals surface area (Å²) in [6, 6.07) is 17.6. The molecule has 0 aliphatic carbocycles. The van der Waals surface area contributed by atoms with Gasteiger partial charge in [0.1, 0.15) is 11.5 Å². The molecule has 0 heterocycles. The van der Waals surface area contributed by atoms with E-state index in [0.29, 0.717) is 0 Å². The molecule has 19 heavy (non-hydrogen) atoms. The van der Waals surface area contributed by atoms with Crippen molar-refractivity contribution < 1.29 is 4.74 Å². The molecule has 0 unspecified atom stereocenters. The molecule has 2 aromatic carbocycles. The van der Waals surface area contributed by atoms with Crippen molar-refractivity contribution in [3.05, 3.63) is 72.3 Å². The number of para-hydroxylation sites is 1. The van der Waals surface area contributed by atoms with Crippen molar-refractivity contribution in [3.8, 4) is 11.5 Å². The summed E-state index contributed by atoms with van der Waals surface area (Å²) >= 11 is 0. The summed E-state index contributed by atoms with van der Waals surface area (Å²) < 4.78 is 5.74. The smallest absolute Gasteiger partial charge is 0.127 e. The molecule has 0 bridgehead atoms. The van der Waals surface area contributed by atoms with Crippen molar-refractivity contribution in [1.29, 1.82) is 0 Å². The molecule has 0 aliphatic heterocycles. The summed E-state index contributed by atoms with van der Waals surface area (Å²) in [5.41, 5.74) is 2.93. The van der Waals surface area contributed by atoms with Gasteiger partial charge in [0, 0.05) is 12.6 Å². The second kappa shape index (κ2) is 6.01. The Bertz CT molecular complexity index is 582. The lowest BCUT2D eigenvalue weighted by atomic mass is 10.0. The molecule has 96 valence electrons. The number of hydrogen-bond donors (Lipinski definition) is 0. The third kappa shape index (κ3) is 3.32. The predicted octanol–water partition coefficient (Wildman–Crippen LogP) is 4.47. The summed E-state index contributed by atoms with van der Waals surface area (Å²) in [5.74, 6) is 1.65. The Labute approximate surface area is 114 Å². The average molecular weight is 251 g/mol. The first-order chi connectivity index (χ1) is 9.20. The van der Waals surface area contributed by atoms with Crippen LogP contribution < -0.4 is 4.74 Å². The van der Waals surface area contributed by atoms with Gasteiger partial charge < -0.3 is 4.74 Å². The number of hydrogen-bond acceptors (Lipinski definition) is 2. The fourth-order valence-corrected chi connectivity index (χ4v) is 1.87. The van der Waals surface area contributed by atoms with Gasteiger partial charge in [0.05, 0.1) is 5.71 Å². The van der Waals surface area contributed by atoms with E-state index in [1.807, 2.05) is 61.5 Å². The van der Waals surface area contributed by atoms with E-state index in [4.69, 9.17) is 4.74 Å². The molecule has 2 rings (SSSR count). The van der Waals surface area contributed by atoms with E-state index in [1.165, 1.54) is 0 Å². The molecule has 2 heteroatoms. The molecule has 0 saturated heterocycles. The summed E-state index contributed by atoms with van der Waals surface area (Å²) in [5, 5.41) is 0. The van der Waals surface area contributed by atoms with Gasteiger partial charge >= 0.3 is 0 Å². The largest absolute Gasteiger partial charge is 0.457 e. The van der Waals surface area contributed by atoms with E-state index in [0.717, 1.165) is 28.3 Å². The predicted molar refractivity (Wildman–Crippen MR) is 80.2 cm³/mol. The van der Waals surface area contributed by atoms with Crippen molar-refractivity contribution >= 4 is 5.71 Å². The van der Waals surface area contributed by atoms with Crippen LogP contribution in [0.25, 0.3) is 0 Å². The quantitative estimate of drug-likeness (QED) is 0.734. The van der Waals surface area contributed by atoms with Gasteiger partial charge in [0.15, 0.2) is 0 Å². The van der Waals surface area contributed by atoms with Crippen LogP contribution in [-0.4, -0.2) is 12.8 Å². The molecule has 0 amide bonds. The molecule has 0 atom stereocenters. The minimum atomic E-state index is 0.812. The van der Waals surface area contributed by atoms with E-state index in [2.05, 4.69) is 11.6 Å². The highest BCUT2D eigenvalue weighted by molar-refractivity contribution is 6.11. The minimum absolute atomic E-state index is 0.812. The first-order valence-corrected chi connectivity index (χ1v) is 6.16. The highest BCUT2D eigenvalue weighted by Gasteiger charge is 2.04. The minimum Gasteiger partial charge on any atom is -0.457 e. The Balaban J connectivity index is 2.17. The van der Waals surface area contributed by atoms with Crippen LogP contribution in [0.5, 0.6) is 11.5 Å². The summed E-state index contributed by atoms with van der Waals surface area (Å²) in [6.07, 6.45) is 0. The fraction of sp³-hybridized carbons (Fsp3) is 0.118. The molecular weight excluding hydrogens is 234 g/mol. The van der Waals surface area contributed by atoms with Gasteiger partial charge in [-0.25, -0.2) is 0 Å². The molecule has 0 N–H and O–H groups in total. The van der Waals surface area contributed by atoms with Crippen molar-refractivity contribution in [2.75, 3.05) is 7.05 Å². The van der Waals surface area contributed by atoms with E-state index >= 15 is 0 Å². The topological polar surface area (TPSA) is 21.6 Å². The van der Waals surface area contributed by atoms with Crippen LogP contribution >= 0.6 is 0 Å². The second-order valence-corrected chi connectivity index (χ2v) is 4.29. The van der Waals surface area contributed by atoms with Gasteiger partial charge in [0.25, 0.3) is 0 Å². The van der Waals surface area contributed by atoms with E-state index in [-0.39, 0.29) is 0 Å². The lowest BCUT2D eigenvalue weighted by Crippen LogP contribution is -2.01. The highest BCUT2D eigenvalue weighted by Crippen LogP contribution is 2.21. The summed E-state index contributed by atoms with van der Waals surface area (Å²) in [4.78, 5) is 4.25. The average Bonchev–Trinajstić information content (AvgIpc) is 2.42. The van der Waals surface area contributed by atoms with Crippen LogP contribution in [0.15, 0.2) is 71.7 Å². The van der Waals surface area contributed by atoms with Gasteiger partial charge in [0.2, 0.25) is 0 Å². The first-order valence-electron chi connectivity index (χ1n) is 6.16. The van der Waals surface area contributed by atoms with Crippen LogP contribution in [0.3, 0.4) is 0 Å². The van der Waals surface area contributed by atoms with Crippen LogP contribution in [0, 0.1) is 0 Å². The highest BCUT2D eigenvalue weighted by atomic mass is 16.5. The van der Waals surface area contributed by atoms with Gasteiger partial charge in [-0.1, -0.05) is 24.8 Å².